The molecular weight excluding hydrogens is 877 g/mol. The molecule has 0 radical (unpaired) electrons. The second-order valence-corrected chi connectivity index (χ2v) is 20.2. The predicted molar refractivity (Wildman–Crippen MR) is 307 cm³/mol. The van der Waals surface area contributed by atoms with Crippen molar-refractivity contribution in [2.45, 2.75) is 309 Å². The summed E-state index contributed by atoms with van der Waals surface area (Å²) in [6, 6.07) is 0. The molecule has 6 heteroatoms. The molecule has 0 N–H and O–H groups in total. The lowest BCUT2D eigenvalue weighted by molar-refractivity contribution is -0.167. The van der Waals surface area contributed by atoms with Gasteiger partial charge in [0.05, 0.1) is 0 Å². The van der Waals surface area contributed by atoms with Crippen molar-refractivity contribution in [3.05, 3.63) is 72.9 Å². The number of rotatable bonds is 55. The first-order valence-electron chi connectivity index (χ1n) is 30.4. The molecule has 0 aliphatic heterocycles. The lowest BCUT2D eigenvalue weighted by Gasteiger charge is -2.18. The number of unbranched alkanes of at least 4 members (excludes halogenated alkanes) is 32. The van der Waals surface area contributed by atoms with Crippen LogP contribution in [0.2, 0.25) is 0 Å². The lowest BCUT2D eigenvalue weighted by Crippen LogP contribution is -2.30. The fourth-order valence-electron chi connectivity index (χ4n) is 8.64. The van der Waals surface area contributed by atoms with Gasteiger partial charge in [-0.15, -0.1) is 0 Å². The van der Waals surface area contributed by atoms with Crippen LogP contribution in [-0.2, 0) is 28.6 Å². The fourth-order valence-corrected chi connectivity index (χ4v) is 8.64. The Bertz CT molecular complexity index is 1320. The fraction of sp³-hybridized carbons (Fsp3) is 0.769. The van der Waals surface area contributed by atoms with Crippen LogP contribution >= 0.6 is 0 Å². The maximum Gasteiger partial charge on any atom is 0.306 e. The van der Waals surface area contributed by atoms with Crippen LogP contribution in [0, 0.1) is 0 Å². The molecule has 1 atom stereocenters. The molecule has 0 heterocycles. The van der Waals surface area contributed by atoms with Crippen molar-refractivity contribution in [3.63, 3.8) is 0 Å². The third-order valence-corrected chi connectivity index (χ3v) is 13.2. The summed E-state index contributed by atoms with van der Waals surface area (Å²) in [6.07, 6.45) is 76.1. The van der Waals surface area contributed by atoms with Gasteiger partial charge in [-0.05, 0) is 89.9 Å². The van der Waals surface area contributed by atoms with Crippen molar-refractivity contribution < 1.29 is 28.6 Å². The lowest BCUT2D eigenvalue weighted by atomic mass is 10.0. The van der Waals surface area contributed by atoms with Gasteiger partial charge in [0.2, 0.25) is 0 Å². The number of carbonyl (C=O) groups excluding carboxylic acids is 3. The first-order valence-corrected chi connectivity index (χ1v) is 30.4. The molecule has 71 heavy (non-hydrogen) atoms. The number of carbonyl (C=O) groups is 3. The molecule has 6 nitrogen and oxygen atoms in total. The molecule has 0 bridgehead atoms. The Morgan fingerprint density at radius 3 is 0.859 bits per heavy atom. The van der Waals surface area contributed by atoms with Crippen LogP contribution in [0.25, 0.3) is 0 Å². The predicted octanol–water partition coefficient (Wildman–Crippen LogP) is 20.5. The van der Waals surface area contributed by atoms with E-state index in [1.807, 2.05) is 0 Å². The van der Waals surface area contributed by atoms with Crippen molar-refractivity contribution >= 4 is 17.9 Å². The van der Waals surface area contributed by atoms with Gasteiger partial charge in [0.1, 0.15) is 13.2 Å². The molecule has 0 aromatic heterocycles. The van der Waals surface area contributed by atoms with Crippen molar-refractivity contribution in [1.29, 1.82) is 0 Å². The third-order valence-electron chi connectivity index (χ3n) is 13.2. The van der Waals surface area contributed by atoms with Crippen LogP contribution in [0.4, 0.5) is 0 Å². The highest BCUT2D eigenvalue weighted by molar-refractivity contribution is 5.71. The molecule has 410 valence electrons. The molecule has 0 fully saturated rings. The molecule has 0 saturated heterocycles. The largest absolute Gasteiger partial charge is 0.462 e. The molecule has 0 spiro atoms. The van der Waals surface area contributed by atoms with E-state index in [4.69, 9.17) is 14.2 Å². The standard InChI is InChI=1S/C65H114O6/c1-4-7-10-13-16-19-22-25-28-30-31-32-33-35-37-40-43-46-49-52-55-58-64(67)70-61-62(60-69-63(66)57-54-51-48-45-42-39-36-27-24-21-18-15-12-9-6-3)71-65(68)59-56-53-50-47-44-41-38-34-29-26-23-20-17-14-11-8-5-2/h9,12,18,21-22,25,27,30-31,33,35-36,62H,4-8,10-11,13-17,19-20,23-24,26,28-29,32,34,37-61H2,1-3H3/b12-9-,21-18-,25-22-,31-30-,35-33-,36-27-. The highest BCUT2D eigenvalue weighted by Crippen LogP contribution is 2.16. The number of ether oxygens (including phenoxy) is 3. The van der Waals surface area contributed by atoms with Crippen LogP contribution in [0.3, 0.4) is 0 Å². The van der Waals surface area contributed by atoms with E-state index in [0.29, 0.717) is 19.3 Å². The van der Waals surface area contributed by atoms with E-state index in [1.165, 1.54) is 148 Å². The highest BCUT2D eigenvalue weighted by Gasteiger charge is 2.19. The van der Waals surface area contributed by atoms with Gasteiger partial charge in [0, 0.05) is 19.3 Å². The minimum atomic E-state index is -0.787. The molecule has 0 rings (SSSR count). The van der Waals surface area contributed by atoms with E-state index >= 15 is 0 Å². The number of allylic oxidation sites excluding steroid dienone is 12. The summed E-state index contributed by atoms with van der Waals surface area (Å²) in [5.74, 6) is -0.901. The van der Waals surface area contributed by atoms with Gasteiger partial charge in [0.15, 0.2) is 6.10 Å². The zero-order chi connectivity index (χ0) is 51.4. The summed E-state index contributed by atoms with van der Waals surface area (Å²) in [6.45, 7) is 6.52. The molecule has 0 aliphatic rings. The first kappa shape index (κ1) is 67.8. The minimum Gasteiger partial charge on any atom is -0.462 e. The topological polar surface area (TPSA) is 78.9 Å². The highest BCUT2D eigenvalue weighted by atomic mass is 16.6. The van der Waals surface area contributed by atoms with E-state index in [9.17, 15) is 14.4 Å². The Morgan fingerprint density at radius 1 is 0.296 bits per heavy atom. The number of esters is 3. The van der Waals surface area contributed by atoms with Crippen LogP contribution in [0.5, 0.6) is 0 Å². The quantitative estimate of drug-likeness (QED) is 0.0261. The van der Waals surface area contributed by atoms with E-state index in [2.05, 4.69) is 93.7 Å². The van der Waals surface area contributed by atoms with Crippen LogP contribution in [0.15, 0.2) is 72.9 Å². The average molecular weight is 992 g/mol. The summed E-state index contributed by atoms with van der Waals surface area (Å²) in [5, 5.41) is 0. The van der Waals surface area contributed by atoms with Crippen molar-refractivity contribution in [3.8, 4) is 0 Å². The van der Waals surface area contributed by atoms with Gasteiger partial charge >= 0.3 is 17.9 Å². The zero-order valence-corrected chi connectivity index (χ0v) is 47.0. The van der Waals surface area contributed by atoms with E-state index < -0.39 is 6.10 Å². The summed E-state index contributed by atoms with van der Waals surface area (Å²) < 4.78 is 16.9. The Balaban J connectivity index is 4.39. The maximum atomic E-state index is 12.9. The first-order chi connectivity index (χ1) is 35.0. The molecule has 0 amide bonds. The van der Waals surface area contributed by atoms with Crippen LogP contribution < -0.4 is 0 Å². The maximum absolute atomic E-state index is 12.9. The Kier molecular flexibility index (Phi) is 56.8. The molecule has 1 unspecified atom stereocenters. The minimum absolute atomic E-state index is 0.0858. The van der Waals surface area contributed by atoms with Crippen molar-refractivity contribution in [2.24, 2.45) is 0 Å². The van der Waals surface area contributed by atoms with Crippen LogP contribution in [-0.4, -0.2) is 37.2 Å². The Morgan fingerprint density at radius 2 is 0.549 bits per heavy atom. The average Bonchev–Trinajstić information content (AvgIpc) is 3.37. The second kappa shape index (κ2) is 59.4. The Hall–Kier alpha value is -3.15. The summed E-state index contributed by atoms with van der Waals surface area (Å²) in [4.78, 5) is 38.2. The van der Waals surface area contributed by atoms with E-state index in [-0.39, 0.29) is 31.1 Å². The van der Waals surface area contributed by atoms with Crippen LogP contribution in [0.1, 0.15) is 303 Å². The molecule has 0 aromatic carbocycles. The normalized spacial score (nSPS) is 12.5. The van der Waals surface area contributed by atoms with Gasteiger partial charge in [-0.1, -0.05) is 267 Å². The van der Waals surface area contributed by atoms with Gasteiger partial charge in [-0.25, -0.2) is 0 Å². The molecule has 0 saturated carbocycles. The van der Waals surface area contributed by atoms with Gasteiger partial charge in [-0.2, -0.15) is 0 Å². The summed E-state index contributed by atoms with van der Waals surface area (Å²) >= 11 is 0. The van der Waals surface area contributed by atoms with E-state index in [0.717, 1.165) is 116 Å². The van der Waals surface area contributed by atoms with Gasteiger partial charge in [0.25, 0.3) is 0 Å². The third kappa shape index (κ3) is 57.6. The smallest absolute Gasteiger partial charge is 0.306 e. The monoisotopic (exact) mass is 991 g/mol. The molecule has 0 aliphatic carbocycles. The second-order valence-electron chi connectivity index (χ2n) is 20.2. The molecule has 0 aromatic rings. The summed E-state index contributed by atoms with van der Waals surface area (Å²) in [7, 11) is 0. The van der Waals surface area contributed by atoms with E-state index in [1.54, 1.807) is 0 Å². The molecular formula is C65H114O6. The number of hydrogen-bond donors (Lipinski definition) is 0. The number of hydrogen-bond acceptors (Lipinski definition) is 6. The SMILES string of the molecule is CC/C=C\C/C=C\C/C=C\CCCCCCCC(=O)OCC(COC(=O)CCCCCCCC/C=C\C/C=C\C/C=C\CCCCCCC)OC(=O)CCCCCCCCCCCCCCCCCCC. The van der Waals surface area contributed by atoms with Crippen molar-refractivity contribution in [2.75, 3.05) is 13.2 Å². The van der Waals surface area contributed by atoms with Gasteiger partial charge < -0.3 is 14.2 Å². The van der Waals surface area contributed by atoms with Crippen molar-refractivity contribution in [1.82, 2.24) is 0 Å². The summed E-state index contributed by atoms with van der Waals surface area (Å²) in [5.41, 5.74) is 0. The zero-order valence-electron chi connectivity index (χ0n) is 47.0. The van der Waals surface area contributed by atoms with Gasteiger partial charge in [-0.3, -0.25) is 14.4 Å². The Labute approximate surface area is 440 Å².